The van der Waals surface area contributed by atoms with Crippen LogP contribution in [0.25, 0.3) is 0 Å². The van der Waals surface area contributed by atoms with Gasteiger partial charge in [-0.2, -0.15) is 5.10 Å². The van der Waals surface area contributed by atoms with E-state index in [2.05, 4.69) is 15.4 Å². The number of pyridine rings is 1. The van der Waals surface area contributed by atoms with Crippen LogP contribution in [-0.4, -0.2) is 44.2 Å². The van der Waals surface area contributed by atoms with Crippen LogP contribution in [0.15, 0.2) is 42.9 Å². The van der Waals surface area contributed by atoms with Gasteiger partial charge in [-0.3, -0.25) is 14.5 Å². The number of urea groups is 1. The topological polar surface area (TPSA) is 83.4 Å². The number of aromatic nitrogens is 3. The quantitative estimate of drug-likeness (QED) is 0.593. The van der Waals surface area contributed by atoms with Gasteiger partial charge in [-0.05, 0) is 24.6 Å². The van der Waals surface area contributed by atoms with Crippen molar-refractivity contribution in [3.8, 4) is 0 Å². The van der Waals surface area contributed by atoms with E-state index in [9.17, 15) is 22.8 Å². The fourth-order valence-corrected chi connectivity index (χ4v) is 4.51. The van der Waals surface area contributed by atoms with Crippen molar-refractivity contribution in [1.82, 2.24) is 19.7 Å². The first kappa shape index (κ1) is 21.9. The summed E-state index contributed by atoms with van der Waals surface area (Å²) in [4.78, 5) is 32.9. The number of hydrogen-bond acceptors (Lipinski definition) is 4. The van der Waals surface area contributed by atoms with Gasteiger partial charge in [0.25, 0.3) is 0 Å². The molecule has 8 nitrogen and oxygen atoms in total. The van der Waals surface area contributed by atoms with Crippen molar-refractivity contribution in [3.05, 3.63) is 71.6 Å². The SMILES string of the molecule is C[C@H]1Cn2ncc(N3CC(c4ccncc4)CC3=O)c2CN1C(=O)Nc1cc(F)c(F)c(F)c1. The Morgan fingerprint density at radius 3 is 2.53 bits per heavy atom. The fourth-order valence-electron chi connectivity index (χ4n) is 4.51. The second-order valence-electron chi connectivity index (χ2n) is 8.51. The van der Waals surface area contributed by atoms with E-state index in [-0.39, 0.29) is 30.1 Å². The smallest absolute Gasteiger partial charge is 0.314 e. The summed E-state index contributed by atoms with van der Waals surface area (Å²) < 4.78 is 42.1. The first-order valence-corrected chi connectivity index (χ1v) is 10.8. The third-order valence-corrected chi connectivity index (χ3v) is 6.31. The Kier molecular flexibility index (Phi) is 5.46. The highest BCUT2D eigenvalue weighted by Crippen LogP contribution is 2.35. The maximum Gasteiger partial charge on any atom is 0.322 e. The van der Waals surface area contributed by atoms with Gasteiger partial charge in [0.05, 0.1) is 36.7 Å². The molecule has 3 aromatic rings. The maximum atomic E-state index is 13.5. The molecule has 2 atom stereocenters. The zero-order chi connectivity index (χ0) is 24.0. The average Bonchev–Trinajstić information content (AvgIpc) is 3.40. The van der Waals surface area contributed by atoms with Crippen molar-refractivity contribution in [2.24, 2.45) is 0 Å². The van der Waals surface area contributed by atoms with Crippen LogP contribution in [0.2, 0.25) is 0 Å². The number of carbonyl (C=O) groups is 2. The van der Waals surface area contributed by atoms with Crippen LogP contribution in [0.5, 0.6) is 0 Å². The lowest BCUT2D eigenvalue weighted by molar-refractivity contribution is -0.117. The standard InChI is InChI=1S/C23H21F3N6O2/c1-13-10-32-20(12-30(13)23(34)29-16-7-17(24)22(26)18(25)8-16)19(9-28-32)31-11-15(6-21(31)33)14-2-4-27-5-3-14/h2-5,7-9,13,15H,6,10-12H2,1H3,(H,29,34)/t13-,15?/m0/s1. The van der Waals surface area contributed by atoms with Crippen molar-refractivity contribution < 1.29 is 22.8 Å². The fraction of sp³-hybridized carbons (Fsp3) is 0.304. The highest BCUT2D eigenvalue weighted by molar-refractivity contribution is 5.97. The molecule has 1 N–H and O–H groups in total. The van der Waals surface area contributed by atoms with Gasteiger partial charge in [0, 0.05) is 49.1 Å². The molecule has 11 heteroatoms. The van der Waals surface area contributed by atoms with Crippen LogP contribution >= 0.6 is 0 Å². The number of nitrogens with zero attached hydrogens (tertiary/aromatic N) is 5. The van der Waals surface area contributed by atoms with Crippen molar-refractivity contribution in [2.45, 2.75) is 38.4 Å². The lowest BCUT2D eigenvalue weighted by Crippen LogP contribution is -2.47. The zero-order valence-corrected chi connectivity index (χ0v) is 18.2. The predicted molar refractivity (Wildman–Crippen MR) is 117 cm³/mol. The van der Waals surface area contributed by atoms with E-state index in [0.717, 1.165) is 17.7 Å². The summed E-state index contributed by atoms with van der Waals surface area (Å²) in [7, 11) is 0. The molecule has 2 aliphatic heterocycles. The number of amides is 3. The zero-order valence-electron chi connectivity index (χ0n) is 18.2. The largest absolute Gasteiger partial charge is 0.322 e. The van der Waals surface area contributed by atoms with Gasteiger partial charge in [0.2, 0.25) is 5.91 Å². The molecular formula is C23H21F3N6O2. The third-order valence-electron chi connectivity index (χ3n) is 6.31. The minimum atomic E-state index is -1.60. The van der Waals surface area contributed by atoms with Gasteiger partial charge in [-0.25, -0.2) is 18.0 Å². The van der Waals surface area contributed by atoms with Crippen molar-refractivity contribution >= 4 is 23.3 Å². The molecule has 0 bridgehead atoms. The summed E-state index contributed by atoms with van der Waals surface area (Å²) in [6.45, 7) is 2.82. The molecule has 1 unspecified atom stereocenters. The minimum absolute atomic E-state index is 0.0243. The van der Waals surface area contributed by atoms with Gasteiger partial charge in [0.15, 0.2) is 17.5 Å². The molecule has 34 heavy (non-hydrogen) atoms. The number of hydrogen-bond donors (Lipinski definition) is 1. The molecular weight excluding hydrogens is 449 g/mol. The number of nitrogens with one attached hydrogen (secondary N) is 1. The molecule has 3 amide bonds. The molecule has 0 radical (unpaired) electrons. The maximum absolute atomic E-state index is 13.5. The molecule has 0 aliphatic carbocycles. The summed E-state index contributed by atoms with van der Waals surface area (Å²) in [5.41, 5.74) is 2.15. The normalized spacial score (nSPS) is 19.9. The molecule has 4 heterocycles. The third kappa shape index (κ3) is 3.87. The van der Waals surface area contributed by atoms with Crippen molar-refractivity contribution in [1.29, 1.82) is 0 Å². The number of rotatable bonds is 3. The average molecular weight is 470 g/mol. The molecule has 1 saturated heterocycles. The van der Waals surface area contributed by atoms with Crippen LogP contribution in [0.4, 0.5) is 29.3 Å². The van der Waals surface area contributed by atoms with E-state index in [4.69, 9.17) is 0 Å². The van der Waals surface area contributed by atoms with Gasteiger partial charge in [-0.15, -0.1) is 0 Å². The van der Waals surface area contributed by atoms with E-state index in [0.29, 0.717) is 30.9 Å². The Morgan fingerprint density at radius 1 is 1.12 bits per heavy atom. The first-order chi connectivity index (χ1) is 16.3. The number of fused-ring (bicyclic) bond motifs is 1. The summed E-state index contributed by atoms with van der Waals surface area (Å²) in [6.07, 6.45) is 5.37. The highest BCUT2D eigenvalue weighted by Gasteiger charge is 2.37. The Morgan fingerprint density at radius 2 is 1.82 bits per heavy atom. The second kappa shape index (κ2) is 8.47. The summed E-state index contributed by atoms with van der Waals surface area (Å²) in [6, 6.07) is 4.35. The van der Waals surface area contributed by atoms with Crippen LogP contribution < -0.4 is 10.2 Å². The van der Waals surface area contributed by atoms with E-state index >= 15 is 0 Å². The van der Waals surface area contributed by atoms with E-state index < -0.39 is 23.5 Å². The molecule has 176 valence electrons. The summed E-state index contributed by atoms with van der Waals surface area (Å²) in [5, 5.41) is 6.83. The Hall–Kier alpha value is -3.89. The Balaban J connectivity index is 1.36. The van der Waals surface area contributed by atoms with E-state index in [1.807, 2.05) is 19.1 Å². The predicted octanol–water partition coefficient (Wildman–Crippen LogP) is 3.65. The Labute approximate surface area is 193 Å². The highest BCUT2D eigenvalue weighted by atomic mass is 19.2. The van der Waals surface area contributed by atoms with Crippen molar-refractivity contribution in [2.75, 3.05) is 16.8 Å². The van der Waals surface area contributed by atoms with Gasteiger partial charge >= 0.3 is 6.03 Å². The molecule has 2 aromatic heterocycles. The number of carbonyl (C=O) groups excluding carboxylic acids is 2. The first-order valence-electron chi connectivity index (χ1n) is 10.8. The molecule has 5 rings (SSSR count). The number of halogens is 3. The monoisotopic (exact) mass is 470 g/mol. The lowest BCUT2D eigenvalue weighted by Gasteiger charge is -2.35. The summed E-state index contributed by atoms with van der Waals surface area (Å²) in [5.74, 6) is -4.39. The van der Waals surface area contributed by atoms with Crippen LogP contribution in [0.1, 0.15) is 30.5 Å². The Bertz CT molecular complexity index is 1240. The van der Waals surface area contributed by atoms with Crippen LogP contribution in [0, 0.1) is 17.5 Å². The minimum Gasteiger partial charge on any atom is -0.314 e. The summed E-state index contributed by atoms with van der Waals surface area (Å²) >= 11 is 0. The second-order valence-corrected chi connectivity index (χ2v) is 8.51. The lowest BCUT2D eigenvalue weighted by atomic mass is 10.00. The number of anilines is 2. The van der Waals surface area contributed by atoms with E-state index in [1.165, 1.54) is 4.90 Å². The molecule has 0 spiro atoms. The molecule has 1 aromatic carbocycles. The molecule has 0 saturated carbocycles. The molecule has 2 aliphatic rings. The van der Waals surface area contributed by atoms with Gasteiger partial charge in [0.1, 0.15) is 0 Å². The van der Waals surface area contributed by atoms with Gasteiger partial charge < -0.3 is 15.1 Å². The number of benzene rings is 1. The van der Waals surface area contributed by atoms with E-state index in [1.54, 1.807) is 28.2 Å². The van der Waals surface area contributed by atoms with Gasteiger partial charge in [-0.1, -0.05) is 0 Å². The van der Waals surface area contributed by atoms with Crippen LogP contribution in [-0.2, 0) is 17.9 Å². The van der Waals surface area contributed by atoms with Crippen molar-refractivity contribution in [3.63, 3.8) is 0 Å². The molecule has 1 fully saturated rings. The van der Waals surface area contributed by atoms with Crippen LogP contribution in [0.3, 0.4) is 0 Å².